The van der Waals surface area contributed by atoms with Crippen molar-refractivity contribution in [3.05, 3.63) is 48.4 Å². The average molecular weight is 325 g/mol. The van der Waals surface area contributed by atoms with Crippen molar-refractivity contribution in [1.29, 1.82) is 0 Å². The molecule has 1 N–H and O–H groups in total. The van der Waals surface area contributed by atoms with Crippen molar-refractivity contribution in [2.45, 2.75) is 19.8 Å². The molecule has 0 saturated carbocycles. The summed E-state index contributed by atoms with van der Waals surface area (Å²) in [6, 6.07) is 7.99. The number of piperazine rings is 1. The third kappa shape index (κ3) is 3.82. The number of hydrogen-bond acceptors (Lipinski definition) is 4. The van der Waals surface area contributed by atoms with Crippen LogP contribution in [-0.4, -0.2) is 47.1 Å². The molecule has 0 unspecified atom stereocenters. The summed E-state index contributed by atoms with van der Waals surface area (Å²) in [5, 5.41) is 3.06. The molecule has 0 spiro atoms. The lowest BCUT2D eigenvalue weighted by Crippen LogP contribution is -2.50. The summed E-state index contributed by atoms with van der Waals surface area (Å²) < 4.78 is 0. The number of carbonyl (C=O) groups is 1. The Morgan fingerprint density at radius 3 is 2.67 bits per heavy atom. The van der Waals surface area contributed by atoms with Crippen LogP contribution in [0.2, 0.25) is 0 Å². The summed E-state index contributed by atoms with van der Waals surface area (Å²) in [5.74, 6) is 0.867. The first kappa shape index (κ1) is 16.2. The lowest BCUT2D eigenvalue weighted by molar-refractivity contribution is 0.208. The van der Waals surface area contributed by atoms with Gasteiger partial charge in [0.05, 0.1) is 6.20 Å². The Labute approximate surface area is 142 Å². The molecule has 2 aromatic rings. The molecule has 1 aliphatic rings. The summed E-state index contributed by atoms with van der Waals surface area (Å²) >= 11 is 0. The van der Waals surface area contributed by atoms with E-state index in [0.717, 1.165) is 37.4 Å². The molecule has 2 heterocycles. The van der Waals surface area contributed by atoms with E-state index in [-0.39, 0.29) is 6.03 Å². The van der Waals surface area contributed by atoms with Gasteiger partial charge in [-0.25, -0.2) is 9.78 Å². The third-order valence-electron chi connectivity index (χ3n) is 4.22. The van der Waals surface area contributed by atoms with Crippen LogP contribution in [-0.2, 0) is 6.42 Å². The number of amides is 2. The van der Waals surface area contributed by atoms with Crippen LogP contribution in [0.25, 0.3) is 0 Å². The number of nitrogens with zero attached hydrogens (tertiary/aromatic N) is 4. The zero-order chi connectivity index (χ0) is 16.8. The molecular weight excluding hydrogens is 302 g/mol. The molecule has 6 heteroatoms. The lowest BCUT2D eigenvalue weighted by atomic mass is 10.1. The molecule has 24 heavy (non-hydrogen) atoms. The highest BCUT2D eigenvalue weighted by Gasteiger charge is 2.22. The topological polar surface area (TPSA) is 61.4 Å². The van der Waals surface area contributed by atoms with Gasteiger partial charge in [-0.15, -0.1) is 0 Å². The fourth-order valence-corrected chi connectivity index (χ4v) is 2.92. The summed E-state index contributed by atoms with van der Waals surface area (Å²) in [7, 11) is 0. The van der Waals surface area contributed by atoms with E-state index in [1.807, 2.05) is 23.1 Å². The smallest absolute Gasteiger partial charge is 0.321 e. The molecule has 0 radical (unpaired) electrons. The first-order valence-corrected chi connectivity index (χ1v) is 8.42. The van der Waals surface area contributed by atoms with E-state index < -0.39 is 0 Å². The molecule has 0 bridgehead atoms. The Morgan fingerprint density at radius 1 is 1.17 bits per heavy atom. The predicted octanol–water partition coefficient (Wildman–Crippen LogP) is 2.78. The van der Waals surface area contributed by atoms with E-state index in [9.17, 15) is 4.79 Å². The average Bonchev–Trinajstić information content (AvgIpc) is 2.64. The van der Waals surface area contributed by atoms with Crippen molar-refractivity contribution < 1.29 is 4.79 Å². The van der Waals surface area contributed by atoms with Crippen LogP contribution in [0.3, 0.4) is 0 Å². The maximum Gasteiger partial charge on any atom is 0.321 e. The van der Waals surface area contributed by atoms with Gasteiger partial charge in [-0.1, -0.05) is 31.5 Å². The van der Waals surface area contributed by atoms with E-state index in [2.05, 4.69) is 33.2 Å². The van der Waals surface area contributed by atoms with Gasteiger partial charge in [0.1, 0.15) is 5.82 Å². The Hall–Kier alpha value is -2.63. The van der Waals surface area contributed by atoms with Crippen molar-refractivity contribution in [3.63, 3.8) is 0 Å². The number of aromatic nitrogens is 2. The third-order valence-corrected chi connectivity index (χ3v) is 4.22. The van der Waals surface area contributed by atoms with Gasteiger partial charge in [-0.3, -0.25) is 4.98 Å². The van der Waals surface area contributed by atoms with E-state index >= 15 is 0 Å². The highest BCUT2D eigenvalue weighted by Crippen LogP contribution is 2.18. The Bertz CT molecular complexity index is 668. The van der Waals surface area contributed by atoms with Crippen LogP contribution in [0, 0.1) is 0 Å². The number of aryl methyl sites for hydroxylation is 1. The molecule has 0 aliphatic carbocycles. The van der Waals surface area contributed by atoms with E-state index in [0.29, 0.717) is 13.1 Å². The fourth-order valence-electron chi connectivity index (χ4n) is 2.92. The largest absolute Gasteiger partial charge is 0.352 e. The summed E-state index contributed by atoms with van der Waals surface area (Å²) in [6.45, 7) is 5.03. The Kier molecular flexibility index (Phi) is 5.25. The molecule has 1 aromatic carbocycles. The van der Waals surface area contributed by atoms with Gasteiger partial charge in [-0.2, -0.15) is 0 Å². The number of urea groups is 1. The molecular formula is C18H23N5O. The molecule has 1 fully saturated rings. The van der Waals surface area contributed by atoms with Crippen molar-refractivity contribution in [2.24, 2.45) is 0 Å². The van der Waals surface area contributed by atoms with Crippen LogP contribution in [0.4, 0.5) is 16.3 Å². The van der Waals surface area contributed by atoms with Gasteiger partial charge in [0.15, 0.2) is 0 Å². The molecule has 1 aliphatic heterocycles. The number of anilines is 2. The van der Waals surface area contributed by atoms with Crippen LogP contribution >= 0.6 is 0 Å². The van der Waals surface area contributed by atoms with Crippen LogP contribution in [0.1, 0.15) is 18.9 Å². The zero-order valence-electron chi connectivity index (χ0n) is 14.0. The fraction of sp³-hybridized carbons (Fsp3) is 0.389. The quantitative estimate of drug-likeness (QED) is 0.939. The maximum absolute atomic E-state index is 12.5. The number of rotatable bonds is 4. The van der Waals surface area contributed by atoms with Crippen molar-refractivity contribution in [1.82, 2.24) is 14.9 Å². The Morgan fingerprint density at radius 2 is 1.96 bits per heavy atom. The van der Waals surface area contributed by atoms with Gasteiger partial charge >= 0.3 is 6.03 Å². The van der Waals surface area contributed by atoms with E-state index in [1.54, 1.807) is 18.6 Å². The second-order valence-corrected chi connectivity index (χ2v) is 5.88. The van der Waals surface area contributed by atoms with Crippen LogP contribution in [0.15, 0.2) is 42.9 Å². The number of nitrogens with one attached hydrogen (secondary N) is 1. The van der Waals surface area contributed by atoms with Gasteiger partial charge in [0, 0.05) is 44.3 Å². The second-order valence-electron chi connectivity index (χ2n) is 5.88. The summed E-state index contributed by atoms with van der Waals surface area (Å²) in [6.07, 6.45) is 7.15. The minimum Gasteiger partial charge on any atom is -0.352 e. The van der Waals surface area contributed by atoms with Crippen molar-refractivity contribution >= 4 is 17.5 Å². The van der Waals surface area contributed by atoms with Gasteiger partial charge < -0.3 is 15.1 Å². The second kappa shape index (κ2) is 7.77. The maximum atomic E-state index is 12.5. The number of carbonyl (C=O) groups excluding carboxylic acids is 1. The first-order valence-electron chi connectivity index (χ1n) is 8.42. The molecule has 126 valence electrons. The highest BCUT2D eigenvalue weighted by molar-refractivity contribution is 5.90. The predicted molar refractivity (Wildman–Crippen MR) is 95.3 cm³/mol. The molecule has 0 atom stereocenters. The molecule has 2 amide bonds. The molecule has 6 nitrogen and oxygen atoms in total. The SMILES string of the molecule is CCCc1ccccc1NC(=O)N1CCN(c2cnccn2)CC1. The first-order chi connectivity index (χ1) is 11.8. The molecule has 1 saturated heterocycles. The number of hydrogen-bond donors (Lipinski definition) is 1. The molecule has 3 rings (SSSR count). The van der Waals surface area contributed by atoms with Crippen molar-refractivity contribution in [2.75, 3.05) is 36.4 Å². The minimum absolute atomic E-state index is 0.0302. The number of para-hydroxylation sites is 1. The normalized spacial score (nSPS) is 14.5. The highest BCUT2D eigenvalue weighted by atomic mass is 16.2. The van der Waals surface area contributed by atoms with E-state index in [1.165, 1.54) is 5.56 Å². The lowest BCUT2D eigenvalue weighted by Gasteiger charge is -2.35. The van der Waals surface area contributed by atoms with Crippen LogP contribution < -0.4 is 10.2 Å². The van der Waals surface area contributed by atoms with Gasteiger partial charge in [0.2, 0.25) is 0 Å². The van der Waals surface area contributed by atoms with E-state index in [4.69, 9.17) is 0 Å². The zero-order valence-corrected chi connectivity index (χ0v) is 14.0. The van der Waals surface area contributed by atoms with Crippen molar-refractivity contribution in [3.8, 4) is 0 Å². The standard InChI is InChI=1S/C18H23N5O/c1-2-5-15-6-3-4-7-16(15)21-18(24)23-12-10-22(11-13-23)17-14-19-8-9-20-17/h3-4,6-9,14H,2,5,10-13H2,1H3,(H,21,24). The number of benzene rings is 1. The molecule has 1 aromatic heterocycles. The summed E-state index contributed by atoms with van der Waals surface area (Å²) in [4.78, 5) is 25.0. The van der Waals surface area contributed by atoms with Crippen LogP contribution in [0.5, 0.6) is 0 Å². The minimum atomic E-state index is -0.0302. The monoisotopic (exact) mass is 325 g/mol. The summed E-state index contributed by atoms with van der Waals surface area (Å²) in [5.41, 5.74) is 2.10. The van der Waals surface area contributed by atoms with Gasteiger partial charge in [-0.05, 0) is 18.1 Å². The Balaban J connectivity index is 1.58. The van der Waals surface area contributed by atoms with Gasteiger partial charge in [0.25, 0.3) is 0 Å².